The number of halogens is 4. The third kappa shape index (κ3) is 8.81. The fourth-order valence-corrected chi connectivity index (χ4v) is 11.1. The van der Waals surface area contributed by atoms with Crippen molar-refractivity contribution >= 4 is 151 Å². The summed E-state index contributed by atoms with van der Waals surface area (Å²) in [5.74, 6) is 1.81. The Morgan fingerprint density at radius 1 is 0.400 bits per heavy atom. The second-order valence-corrected chi connectivity index (χ2v) is 20.7. The maximum atomic E-state index is 6.51. The summed E-state index contributed by atoms with van der Waals surface area (Å²) in [6.45, 7) is 10.9. The fraction of sp³-hybridized carbons (Fsp3) is 0.294. The van der Waals surface area contributed by atoms with Crippen molar-refractivity contribution in [1.29, 1.82) is 0 Å². The van der Waals surface area contributed by atoms with Crippen molar-refractivity contribution < 1.29 is 18.9 Å². The molecule has 0 saturated carbocycles. The zero-order valence-electron chi connectivity index (χ0n) is 35.7. The van der Waals surface area contributed by atoms with Gasteiger partial charge >= 0.3 is 0 Å². The topological polar surface area (TPSA) is 107 Å². The molecule has 0 amide bonds. The Hall–Kier alpha value is -4.12. The molecule has 334 valence electrons. The van der Waals surface area contributed by atoms with Gasteiger partial charge in [0.15, 0.2) is 11.5 Å². The lowest BCUT2D eigenvalue weighted by Crippen LogP contribution is -2.37. The lowest BCUT2D eigenvalue weighted by Gasteiger charge is -2.26. The molecule has 4 aromatic heterocycles. The molecule has 65 heavy (non-hydrogen) atoms. The van der Waals surface area contributed by atoms with Crippen molar-refractivity contribution in [2.45, 2.75) is 19.3 Å². The smallest absolute Gasteiger partial charge is 0.167 e. The molecule has 2 saturated heterocycles. The van der Waals surface area contributed by atoms with Crippen LogP contribution in [0.15, 0.2) is 103 Å². The molecular formula is C51H48Br4N6O4. The number of aromatic amines is 4. The number of nitrogens with one attached hydrogen (secondary N) is 4. The van der Waals surface area contributed by atoms with Crippen LogP contribution < -0.4 is 9.47 Å². The molecule has 0 aliphatic carbocycles. The molecule has 2 aliphatic rings. The van der Waals surface area contributed by atoms with Gasteiger partial charge in [0.2, 0.25) is 0 Å². The van der Waals surface area contributed by atoms with Crippen molar-refractivity contribution in [3.8, 4) is 11.5 Å². The summed E-state index contributed by atoms with van der Waals surface area (Å²) in [5.41, 5.74) is 8.64. The van der Waals surface area contributed by atoms with E-state index in [1.165, 1.54) is 43.1 Å². The average Bonchev–Trinajstić information content (AvgIpc) is 4.08. The molecule has 2 aliphatic heterocycles. The van der Waals surface area contributed by atoms with Gasteiger partial charge < -0.3 is 38.9 Å². The summed E-state index contributed by atoms with van der Waals surface area (Å²) >= 11 is 14.5. The van der Waals surface area contributed by atoms with Crippen molar-refractivity contribution in [3.63, 3.8) is 0 Å². The van der Waals surface area contributed by atoms with E-state index >= 15 is 0 Å². The third-order valence-corrected chi connectivity index (χ3v) is 14.8. The van der Waals surface area contributed by atoms with Crippen LogP contribution in [0.1, 0.15) is 19.3 Å². The first-order valence-corrected chi connectivity index (χ1v) is 25.6. The van der Waals surface area contributed by atoms with Gasteiger partial charge in [0.05, 0.1) is 61.7 Å². The number of H-pyrrole nitrogens is 4. The van der Waals surface area contributed by atoms with E-state index in [-0.39, 0.29) is 0 Å². The van der Waals surface area contributed by atoms with E-state index in [0.29, 0.717) is 13.2 Å². The van der Waals surface area contributed by atoms with Crippen LogP contribution in [0.25, 0.3) is 87.2 Å². The number of morpholine rings is 2. The maximum Gasteiger partial charge on any atom is 0.167 e. The first-order valence-electron chi connectivity index (χ1n) is 22.4. The highest BCUT2D eigenvalue weighted by molar-refractivity contribution is 9.11. The Balaban J connectivity index is 0.000000144. The number of nitrogens with zero attached hydrogens (tertiary/aromatic N) is 2. The van der Waals surface area contributed by atoms with Crippen molar-refractivity contribution in [3.05, 3.63) is 103 Å². The average molecular weight is 1130 g/mol. The number of benzene rings is 6. The summed E-state index contributed by atoms with van der Waals surface area (Å²) in [4.78, 5) is 19.4. The molecule has 0 atom stereocenters. The molecule has 0 bridgehead atoms. The van der Waals surface area contributed by atoms with E-state index in [9.17, 15) is 0 Å². The summed E-state index contributed by atoms with van der Waals surface area (Å²) in [6, 6.07) is 30.0. The Bertz CT molecular complexity index is 3170. The van der Waals surface area contributed by atoms with Crippen molar-refractivity contribution in [2.75, 3.05) is 78.9 Å². The number of hydrogen-bond acceptors (Lipinski definition) is 6. The van der Waals surface area contributed by atoms with Crippen LogP contribution in [0.5, 0.6) is 11.5 Å². The molecule has 6 aromatic carbocycles. The number of fused-ring (bicyclic) bond motifs is 12. The summed E-state index contributed by atoms with van der Waals surface area (Å²) in [7, 11) is 0. The number of hydrogen-bond donors (Lipinski definition) is 4. The van der Waals surface area contributed by atoms with E-state index in [0.717, 1.165) is 158 Å². The van der Waals surface area contributed by atoms with E-state index in [1.807, 2.05) is 0 Å². The van der Waals surface area contributed by atoms with Crippen LogP contribution in [0.2, 0.25) is 0 Å². The molecular weight excluding hydrogens is 1080 g/mol. The molecule has 4 N–H and O–H groups in total. The summed E-state index contributed by atoms with van der Waals surface area (Å²) in [5, 5.41) is 9.50. The van der Waals surface area contributed by atoms with Crippen molar-refractivity contribution in [2.24, 2.45) is 0 Å². The molecule has 0 radical (unpaired) electrons. The van der Waals surface area contributed by atoms with Gasteiger partial charge in [0.1, 0.15) is 0 Å². The lowest BCUT2D eigenvalue weighted by atomic mass is 10.1. The Morgan fingerprint density at radius 3 is 1.08 bits per heavy atom. The van der Waals surface area contributed by atoms with Crippen LogP contribution in [0, 0.1) is 0 Å². The van der Waals surface area contributed by atoms with E-state index in [1.54, 1.807) is 0 Å². The number of rotatable bonds is 11. The molecule has 0 unspecified atom stereocenters. The standard InChI is InChI=1S/C26H25Br2N3O2.C25H23Br2N3O2/c27-16-3-5-22-18(13-16)20-15-21-19-14-17(28)4-6-23(19)30-25(21)26(24(20)29-22)33-10-2-1-7-31-8-11-32-12-9-31;26-15-2-4-21-17(12-15)19-14-20-18-13-16(27)3-5-22(18)29-24(20)25(23(19)28-21)32-9-1-6-30-7-10-31-11-8-30/h3-6,13-15,29-30H,1-2,7-12H2;2-5,12-14,28-29H,1,6-11H2. The second kappa shape index (κ2) is 18.9. The molecule has 6 heterocycles. The normalized spacial score (nSPS) is 15.4. The Labute approximate surface area is 409 Å². The Morgan fingerprint density at radius 2 is 0.723 bits per heavy atom. The fourth-order valence-electron chi connectivity index (χ4n) is 9.61. The highest BCUT2D eigenvalue weighted by Gasteiger charge is 2.21. The van der Waals surface area contributed by atoms with Gasteiger partial charge in [-0.1, -0.05) is 63.7 Å². The molecule has 0 spiro atoms. The third-order valence-electron chi connectivity index (χ3n) is 12.9. The predicted molar refractivity (Wildman–Crippen MR) is 280 cm³/mol. The minimum absolute atomic E-state index is 0.670. The quantitative estimate of drug-likeness (QED) is 0.0962. The van der Waals surface area contributed by atoms with Crippen LogP contribution >= 0.6 is 63.7 Å². The largest absolute Gasteiger partial charge is 0.489 e. The molecule has 14 heteroatoms. The number of aromatic nitrogens is 4. The zero-order chi connectivity index (χ0) is 44.0. The van der Waals surface area contributed by atoms with Crippen LogP contribution in [0.3, 0.4) is 0 Å². The van der Waals surface area contributed by atoms with E-state index < -0.39 is 0 Å². The second-order valence-electron chi connectivity index (χ2n) is 17.0. The van der Waals surface area contributed by atoms with Crippen LogP contribution in [0.4, 0.5) is 0 Å². The highest BCUT2D eigenvalue weighted by Crippen LogP contribution is 2.44. The molecule has 10 aromatic rings. The van der Waals surface area contributed by atoms with E-state index in [2.05, 4.69) is 178 Å². The predicted octanol–water partition coefficient (Wildman–Crippen LogP) is 13.6. The van der Waals surface area contributed by atoms with Gasteiger partial charge in [-0.3, -0.25) is 9.80 Å². The molecule has 10 nitrogen and oxygen atoms in total. The van der Waals surface area contributed by atoms with Crippen LogP contribution in [-0.4, -0.2) is 109 Å². The van der Waals surface area contributed by atoms with Gasteiger partial charge in [0.25, 0.3) is 0 Å². The minimum atomic E-state index is 0.670. The summed E-state index contributed by atoms with van der Waals surface area (Å²) in [6.07, 6.45) is 3.13. The number of ether oxygens (including phenoxy) is 4. The zero-order valence-corrected chi connectivity index (χ0v) is 42.1. The first-order chi connectivity index (χ1) is 31.8. The SMILES string of the molecule is Brc1ccc2[nH]c3c(OCCCCN4CCOCC4)c4[nH]c5ccc(Br)cc5c4cc3c2c1.Brc1ccc2[nH]c3c(OCCCN4CCOCC4)c4[nH]c5ccc(Br)cc5c4cc3c2c1. The highest BCUT2D eigenvalue weighted by atomic mass is 79.9. The van der Waals surface area contributed by atoms with E-state index in [4.69, 9.17) is 18.9 Å². The minimum Gasteiger partial charge on any atom is -0.489 e. The van der Waals surface area contributed by atoms with Gasteiger partial charge in [-0.2, -0.15) is 0 Å². The van der Waals surface area contributed by atoms with Gasteiger partial charge in [-0.05, 0) is 111 Å². The summed E-state index contributed by atoms with van der Waals surface area (Å²) < 4.78 is 28.2. The number of unbranched alkanes of at least 4 members (excludes halogenated alkanes) is 1. The molecule has 12 rings (SSSR count). The lowest BCUT2D eigenvalue weighted by molar-refractivity contribution is 0.0358. The molecule has 2 fully saturated rings. The van der Waals surface area contributed by atoms with Gasteiger partial charge in [-0.15, -0.1) is 0 Å². The Kier molecular flexibility index (Phi) is 12.6. The maximum absolute atomic E-state index is 6.51. The monoisotopic (exact) mass is 1120 g/mol. The van der Waals surface area contributed by atoms with Crippen molar-refractivity contribution in [1.82, 2.24) is 29.7 Å². The first kappa shape index (κ1) is 43.5. The van der Waals surface area contributed by atoms with Crippen LogP contribution in [-0.2, 0) is 9.47 Å². The van der Waals surface area contributed by atoms with Gasteiger partial charge in [0, 0.05) is 116 Å². The van der Waals surface area contributed by atoms with Gasteiger partial charge in [-0.25, -0.2) is 0 Å².